The van der Waals surface area contributed by atoms with Crippen molar-refractivity contribution >= 4 is 0 Å². The van der Waals surface area contributed by atoms with Crippen LogP contribution in [-0.4, -0.2) is 31.1 Å². The molecule has 5 nitrogen and oxygen atoms in total. The molecule has 0 saturated carbocycles. The van der Waals surface area contributed by atoms with E-state index in [2.05, 4.69) is 21.0 Å². The molecule has 90 valence electrons. The van der Waals surface area contributed by atoms with Gasteiger partial charge in [0.15, 0.2) is 0 Å². The van der Waals surface area contributed by atoms with Crippen LogP contribution in [0.1, 0.15) is 12.0 Å². The lowest BCUT2D eigenvalue weighted by Gasteiger charge is -2.17. The lowest BCUT2D eigenvalue weighted by molar-refractivity contribution is 0.317. The smallest absolute Gasteiger partial charge is 0.123 e. The number of benzene rings is 1. The van der Waals surface area contributed by atoms with Gasteiger partial charge in [-0.15, -0.1) is 0 Å². The summed E-state index contributed by atoms with van der Waals surface area (Å²) in [7, 11) is 1.69. The topological polar surface area (TPSA) is 61.2 Å². The van der Waals surface area contributed by atoms with Crippen molar-refractivity contribution < 1.29 is 4.74 Å². The molecule has 1 atom stereocenters. The van der Waals surface area contributed by atoms with E-state index in [9.17, 15) is 0 Å². The standard InChI is InChI=1S/C12H16N4O/c1-17-12-5-3-2-4-10(12)8-16-7-6-11(9-16)14-15-13/h2-5,11H,6-9H2,1H3/t11-/m0/s1. The molecule has 1 aliphatic rings. The summed E-state index contributed by atoms with van der Waals surface area (Å²) in [6, 6.07) is 8.14. The van der Waals surface area contributed by atoms with Crippen LogP contribution in [0.3, 0.4) is 0 Å². The quantitative estimate of drug-likeness (QED) is 0.455. The molecule has 1 saturated heterocycles. The Morgan fingerprint density at radius 3 is 3.12 bits per heavy atom. The van der Waals surface area contributed by atoms with E-state index in [0.717, 1.165) is 31.8 Å². The SMILES string of the molecule is COc1ccccc1CN1CC[C@H](N=[N+]=[N-])C1. The Balaban J connectivity index is 2.00. The van der Waals surface area contributed by atoms with Crippen molar-refractivity contribution in [2.24, 2.45) is 5.11 Å². The molecule has 1 fully saturated rings. The average Bonchev–Trinajstić information content (AvgIpc) is 2.78. The maximum atomic E-state index is 8.40. The molecular formula is C12H16N4O. The molecule has 0 bridgehead atoms. The lowest BCUT2D eigenvalue weighted by Crippen LogP contribution is -2.21. The molecular weight excluding hydrogens is 216 g/mol. The van der Waals surface area contributed by atoms with Crippen molar-refractivity contribution in [3.05, 3.63) is 40.3 Å². The van der Waals surface area contributed by atoms with Gasteiger partial charge in [0, 0.05) is 23.6 Å². The maximum Gasteiger partial charge on any atom is 0.123 e. The van der Waals surface area contributed by atoms with Crippen molar-refractivity contribution in [2.45, 2.75) is 19.0 Å². The minimum Gasteiger partial charge on any atom is -0.496 e. The summed E-state index contributed by atoms with van der Waals surface area (Å²) >= 11 is 0. The molecule has 0 amide bonds. The number of methoxy groups -OCH3 is 1. The molecule has 5 heteroatoms. The van der Waals surface area contributed by atoms with Crippen molar-refractivity contribution in [1.82, 2.24) is 4.90 Å². The molecule has 17 heavy (non-hydrogen) atoms. The average molecular weight is 232 g/mol. The Morgan fingerprint density at radius 2 is 2.35 bits per heavy atom. The van der Waals surface area contributed by atoms with Crippen molar-refractivity contribution in [1.29, 1.82) is 0 Å². The van der Waals surface area contributed by atoms with E-state index in [1.54, 1.807) is 7.11 Å². The predicted octanol–water partition coefficient (Wildman–Crippen LogP) is 2.58. The zero-order valence-corrected chi connectivity index (χ0v) is 9.91. The number of hydrogen-bond acceptors (Lipinski definition) is 3. The fourth-order valence-electron chi connectivity index (χ4n) is 2.20. The second-order valence-electron chi connectivity index (χ2n) is 4.19. The van der Waals surface area contributed by atoms with Gasteiger partial charge in [0.2, 0.25) is 0 Å². The lowest BCUT2D eigenvalue weighted by atomic mass is 10.2. The number of para-hydroxylation sites is 1. The van der Waals surface area contributed by atoms with E-state index in [1.165, 1.54) is 5.56 Å². The van der Waals surface area contributed by atoms with Crippen LogP contribution in [0.2, 0.25) is 0 Å². The highest BCUT2D eigenvalue weighted by atomic mass is 16.5. The third-order valence-electron chi connectivity index (χ3n) is 3.05. The zero-order chi connectivity index (χ0) is 12.1. The van der Waals surface area contributed by atoms with Crippen LogP contribution in [0.5, 0.6) is 5.75 Å². The highest BCUT2D eigenvalue weighted by Crippen LogP contribution is 2.22. The van der Waals surface area contributed by atoms with Gasteiger partial charge in [-0.3, -0.25) is 4.90 Å². The van der Waals surface area contributed by atoms with Gasteiger partial charge in [0.05, 0.1) is 13.2 Å². The number of likely N-dealkylation sites (tertiary alicyclic amines) is 1. The van der Waals surface area contributed by atoms with Gasteiger partial charge in [-0.1, -0.05) is 23.3 Å². The molecule has 0 radical (unpaired) electrons. The molecule has 1 aromatic carbocycles. The van der Waals surface area contributed by atoms with Gasteiger partial charge < -0.3 is 4.74 Å². The van der Waals surface area contributed by atoms with Crippen LogP contribution in [0.15, 0.2) is 29.4 Å². The monoisotopic (exact) mass is 232 g/mol. The van der Waals surface area contributed by atoms with Crippen LogP contribution in [0.25, 0.3) is 10.4 Å². The summed E-state index contributed by atoms with van der Waals surface area (Å²) in [5, 5.41) is 3.77. The van der Waals surface area contributed by atoms with E-state index in [1.807, 2.05) is 18.2 Å². The second kappa shape index (κ2) is 5.57. The van der Waals surface area contributed by atoms with Gasteiger partial charge in [0.25, 0.3) is 0 Å². The predicted molar refractivity (Wildman–Crippen MR) is 65.8 cm³/mol. The Bertz CT molecular complexity index is 428. The minimum absolute atomic E-state index is 0.120. The number of ether oxygens (including phenoxy) is 1. The zero-order valence-electron chi connectivity index (χ0n) is 9.91. The molecule has 0 spiro atoms. The van der Waals surface area contributed by atoms with Crippen LogP contribution in [0.4, 0.5) is 0 Å². The van der Waals surface area contributed by atoms with Crippen LogP contribution < -0.4 is 4.74 Å². The molecule has 1 aromatic rings. The highest BCUT2D eigenvalue weighted by molar-refractivity contribution is 5.33. The molecule has 2 rings (SSSR count). The summed E-state index contributed by atoms with van der Waals surface area (Å²) in [4.78, 5) is 5.16. The summed E-state index contributed by atoms with van der Waals surface area (Å²) in [5.41, 5.74) is 9.58. The van der Waals surface area contributed by atoms with E-state index < -0.39 is 0 Å². The third kappa shape index (κ3) is 2.90. The Hall–Kier alpha value is -1.71. The molecule has 0 unspecified atom stereocenters. The van der Waals surface area contributed by atoms with Crippen molar-refractivity contribution in [3.8, 4) is 5.75 Å². The number of nitrogens with zero attached hydrogens (tertiary/aromatic N) is 4. The first kappa shape index (κ1) is 11.8. The summed E-state index contributed by atoms with van der Waals surface area (Å²) in [6.45, 7) is 2.66. The summed E-state index contributed by atoms with van der Waals surface area (Å²) < 4.78 is 5.32. The van der Waals surface area contributed by atoms with Crippen molar-refractivity contribution in [3.63, 3.8) is 0 Å². The molecule has 0 N–H and O–H groups in total. The first-order chi connectivity index (χ1) is 8.33. The van der Waals surface area contributed by atoms with Crippen LogP contribution in [-0.2, 0) is 6.54 Å². The van der Waals surface area contributed by atoms with Gasteiger partial charge in [0.1, 0.15) is 5.75 Å². The van der Waals surface area contributed by atoms with E-state index in [-0.39, 0.29) is 6.04 Å². The van der Waals surface area contributed by atoms with Crippen LogP contribution >= 0.6 is 0 Å². The Kier molecular flexibility index (Phi) is 3.85. The molecule has 1 heterocycles. The third-order valence-corrected chi connectivity index (χ3v) is 3.05. The van der Waals surface area contributed by atoms with Gasteiger partial charge in [-0.25, -0.2) is 0 Å². The highest BCUT2D eigenvalue weighted by Gasteiger charge is 2.21. The normalized spacial score (nSPS) is 19.9. The first-order valence-corrected chi connectivity index (χ1v) is 5.72. The van der Waals surface area contributed by atoms with E-state index >= 15 is 0 Å². The van der Waals surface area contributed by atoms with E-state index in [0.29, 0.717) is 0 Å². The first-order valence-electron chi connectivity index (χ1n) is 5.72. The molecule has 0 aliphatic carbocycles. The van der Waals surface area contributed by atoms with Crippen LogP contribution in [0, 0.1) is 0 Å². The Morgan fingerprint density at radius 1 is 1.53 bits per heavy atom. The number of azide groups is 1. The molecule has 0 aromatic heterocycles. The number of hydrogen-bond donors (Lipinski definition) is 0. The fourth-order valence-corrected chi connectivity index (χ4v) is 2.20. The maximum absolute atomic E-state index is 8.40. The largest absolute Gasteiger partial charge is 0.496 e. The van der Waals surface area contributed by atoms with Gasteiger partial charge in [-0.05, 0) is 24.6 Å². The number of rotatable bonds is 4. The van der Waals surface area contributed by atoms with Gasteiger partial charge >= 0.3 is 0 Å². The molecule has 1 aliphatic heterocycles. The van der Waals surface area contributed by atoms with E-state index in [4.69, 9.17) is 10.3 Å². The second-order valence-corrected chi connectivity index (χ2v) is 4.19. The fraction of sp³-hybridized carbons (Fsp3) is 0.500. The Labute approximate surface area is 101 Å². The van der Waals surface area contributed by atoms with Gasteiger partial charge in [-0.2, -0.15) is 0 Å². The minimum atomic E-state index is 0.120. The van der Waals surface area contributed by atoms with Crippen molar-refractivity contribution in [2.75, 3.05) is 20.2 Å². The summed E-state index contributed by atoms with van der Waals surface area (Å²) in [6.07, 6.45) is 0.944. The summed E-state index contributed by atoms with van der Waals surface area (Å²) in [5.74, 6) is 0.916.